The molecule has 0 aromatic heterocycles. The number of carbonyl (C=O) groups excluding carboxylic acids is 2. The maximum Gasteiger partial charge on any atom is 0.253 e. The van der Waals surface area contributed by atoms with Crippen LogP contribution in [0.15, 0.2) is 42.5 Å². The van der Waals surface area contributed by atoms with Crippen LogP contribution < -0.4 is 9.47 Å². The van der Waals surface area contributed by atoms with Crippen molar-refractivity contribution in [2.45, 2.75) is 31.7 Å². The predicted octanol–water partition coefficient (Wildman–Crippen LogP) is 4.57. The Morgan fingerprint density at radius 1 is 0.969 bits per heavy atom. The highest BCUT2D eigenvalue weighted by molar-refractivity contribution is 6.30. The number of hydrogen-bond donors (Lipinski definition) is 0. The standard InChI is InChI=1S/C25H29ClN2O4/c1-31-20-11-12-23(32-2)21(15-20)22-6-4-14-28(22)25(30)18-5-3-13-27(16-18)24(29)17-7-9-19(26)10-8-17/h7-12,15,18,22H,3-6,13-14,16H2,1-2H3. The summed E-state index contributed by atoms with van der Waals surface area (Å²) in [7, 11) is 3.28. The summed E-state index contributed by atoms with van der Waals surface area (Å²) < 4.78 is 11.0. The van der Waals surface area contributed by atoms with Crippen molar-refractivity contribution in [2.24, 2.45) is 5.92 Å². The first kappa shape index (κ1) is 22.5. The van der Waals surface area contributed by atoms with Crippen LogP contribution >= 0.6 is 11.6 Å². The summed E-state index contributed by atoms with van der Waals surface area (Å²) in [5, 5.41) is 0.598. The molecule has 2 aliphatic rings. The number of amides is 2. The topological polar surface area (TPSA) is 59.1 Å². The Balaban J connectivity index is 1.51. The monoisotopic (exact) mass is 456 g/mol. The van der Waals surface area contributed by atoms with Crippen LogP contribution in [0.25, 0.3) is 0 Å². The summed E-state index contributed by atoms with van der Waals surface area (Å²) >= 11 is 5.95. The van der Waals surface area contributed by atoms with E-state index >= 15 is 0 Å². The minimum absolute atomic E-state index is 0.0464. The maximum absolute atomic E-state index is 13.6. The van der Waals surface area contributed by atoms with E-state index in [2.05, 4.69) is 0 Å². The fourth-order valence-electron chi connectivity index (χ4n) is 4.83. The Morgan fingerprint density at radius 2 is 1.72 bits per heavy atom. The van der Waals surface area contributed by atoms with Crippen LogP contribution in [0, 0.1) is 5.92 Å². The molecule has 2 amide bonds. The molecule has 7 heteroatoms. The lowest BCUT2D eigenvalue weighted by Gasteiger charge is -2.36. The molecular formula is C25H29ClN2O4. The summed E-state index contributed by atoms with van der Waals surface area (Å²) in [4.78, 5) is 30.3. The third-order valence-electron chi connectivity index (χ3n) is 6.48. The normalized spacial score (nSPS) is 20.8. The van der Waals surface area contributed by atoms with E-state index < -0.39 is 0 Å². The van der Waals surface area contributed by atoms with Gasteiger partial charge in [0.25, 0.3) is 5.91 Å². The lowest BCUT2D eigenvalue weighted by Crippen LogP contribution is -2.46. The van der Waals surface area contributed by atoms with E-state index in [1.165, 1.54) is 0 Å². The van der Waals surface area contributed by atoms with Gasteiger partial charge in [0, 0.05) is 35.8 Å². The molecule has 2 heterocycles. The van der Waals surface area contributed by atoms with Gasteiger partial charge in [-0.05, 0) is 68.1 Å². The fourth-order valence-corrected chi connectivity index (χ4v) is 4.95. The van der Waals surface area contributed by atoms with Crippen molar-refractivity contribution in [2.75, 3.05) is 33.9 Å². The SMILES string of the molecule is COc1ccc(OC)c(C2CCCN2C(=O)C2CCCN(C(=O)c3ccc(Cl)cc3)C2)c1. The average Bonchev–Trinajstić information content (AvgIpc) is 3.33. The molecule has 2 aromatic carbocycles. The van der Waals surface area contributed by atoms with Crippen molar-refractivity contribution >= 4 is 23.4 Å². The second kappa shape index (κ2) is 9.82. The number of methoxy groups -OCH3 is 2. The van der Waals surface area contributed by atoms with E-state index in [1.54, 1.807) is 43.4 Å². The van der Waals surface area contributed by atoms with E-state index in [4.69, 9.17) is 21.1 Å². The van der Waals surface area contributed by atoms with Crippen molar-refractivity contribution in [1.29, 1.82) is 0 Å². The molecule has 170 valence electrons. The summed E-state index contributed by atoms with van der Waals surface area (Å²) in [6.07, 6.45) is 3.44. The van der Waals surface area contributed by atoms with Gasteiger partial charge in [0.1, 0.15) is 11.5 Å². The number of rotatable bonds is 5. The summed E-state index contributed by atoms with van der Waals surface area (Å²) in [5.74, 6) is 1.38. The zero-order valence-corrected chi connectivity index (χ0v) is 19.3. The smallest absolute Gasteiger partial charge is 0.253 e. The van der Waals surface area contributed by atoms with Crippen molar-refractivity contribution in [3.63, 3.8) is 0 Å². The van der Waals surface area contributed by atoms with Gasteiger partial charge in [-0.15, -0.1) is 0 Å². The van der Waals surface area contributed by atoms with Crippen molar-refractivity contribution in [3.8, 4) is 11.5 Å². The van der Waals surface area contributed by atoms with E-state index in [1.807, 2.05) is 23.1 Å². The molecule has 32 heavy (non-hydrogen) atoms. The first-order valence-corrected chi connectivity index (χ1v) is 11.5. The molecule has 0 bridgehead atoms. The van der Waals surface area contributed by atoms with Gasteiger partial charge >= 0.3 is 0 Å². The maximum atomic E-state index is 13.6. The highest BCUT2D eigenvalue weighted by Crippen LogP contribution is 2.40. The number of likely N-dealkylation sites (tertiary alicyclic amines) is 2. The highest BCUT2D eigenvalue weighted by Gasteiger charge is 2.38. The Morgan fingerprint density at radius 3 is 2.44 bits per heavy atom. The Bertz CT molecular complexity index is 978. The molecule has 0 saturated carbocycles. The molecule has 2 fully saturated rings. The Labute approximate surface area is 194 Å². The van der Waals surface area contributed by atoms with Gasteiger partial charge in [-0.3, -0.25) is 9.59 Å². The number of ether oxygens (including phenoxy) is 2. The first-order valence-electron chi connectivity index (χ1n) is 11.1. The van der Waals surface area contributed by atoms with Crippen LogP contribution in [0.1, 0.15) is 47.6 Å². The largest absolute Gasteiger partial charge is 0.497 e. The third kappa shape index (κ3) is 4.56. The van der Waals surface area contributed by atoms with E-state index in [-0.39, 0.29) is 23.8 Å². The number of carbonyl (C=O) groups is 2. The molecule has 2 unspecified atom stereocenters. The van der Waals surface area contributed by atoms with Crippen LogP contribution in [0.4, 0.5) is 0 Å². The molecular weight excluding hydrogens is 428 g/mol. The zero-order valence-electron chi connectivity index (χ0n) is 18.6. The van der Waals surface area contributed by atoms with Crippen molar-refractivity contribution in [1.82, 2.24) is 9.80 Å². The molecule has 2 atom stereocenters. The minimum atomic E-state index is -0.197. The lowest BCUT2D eigenvalue weighted by molar-refractivity contribution is -0.138. The van der Waals surface area contributed by atoms with Gasteiger partial charge in [-0.2, -0.15) is 0 Å². The molecule has 2 aliphatic heterocycles. The van der Waals surface area contributed by atoms with Gasteiger partial charge in [-0.25, -0.2) is 0 Å². The molecule has 0 N–H and O–H groups in total. The number of nitrogens with zero attached hydrogens (tertiary/aromatic N) is 2. The fraction of sp³-hybridized carbons (Fsp3) is 0.440. The number of benzene rings is 2. The Kier molecular flexibility index (Phi) is 6.89. The van der Waals surface area contributed by atoms with Crippen LogP contribution in [0.3, 0.4) is 0 Å². The number of piperidine rings is 1. The molecule has 0 radical (unpaired) electrons. The molecule has 4 rings (SSSR count). The van der Waals surface area contributed by atoms with E-state index in [9.17, 15) is 9.59 Å². The van der Waals surface area contributed by atoms with E-state index in [0.717, 1.165) is 42.7 Å². The Hall–Kier alpha value is -2.73. The first-order chi connectivity index (χ1) is 15.5. The van der Waals surface area contributed by atoms with Crippen molar-refractivity contribution in [3.05, 3.63) is 58.6 Å². The summed E-state index contributed by atoms with van der Waals surface area (Å²) in [5.41, 5.74) is 1.57. The number of hydrogen-bond acceptors (Lipinski definition) is 4. The second-order valence-electron chi connectivity index (χ2n) is 8.39. The van der Waals surface area contributed by atoms with Crippen LogP contribution in [-0.4, -0.2) is 55.5 Å². The van der Waals surface area contributed by atoms with Gasteiger partial charge in [-0.1, -0.05) is 11.6 Å². The van der Waals surface area contributed by atoms with E-state index in [0.29, 0.717) is 30.2 Å². The minimum Gasteiger partial charge on any atom is -0.497 e. The third-order valence-corrected chi connectivity index (χ3v) is 6.73. The summed E-state index contributed by atoms with van der Waals surface area (Å²) in [6, 6.07) is 12.6. The van der Waals surface area contributed by atoms with Gasteiger partial charge in [0.05, 0.1) is 26.2 Å². The molecule has 2 aromatic rings. The van der Waals surface area contributed by atoms with Crippen molar-refractivity contribution < 1.29 is 19.1 Å². The van der Waals surface area contributed by atoms with Crippen LogP contribution in [0.2, 0.25) is 5.02 Å². The molecule has 6 nitrogen and oxygen atoms in total. The summed E-state index contributed by atoms with van der Waals surface area (Å²) in [6.45, 7) is 1.82. The zero-order chi connectivity index (χ0) is 22.7. The molecule has 0 aliphatic carbocycles. The van der Waals surface area contributed by atoms with Gasteiger partial charge < -0.3 is 19.3 Å². The highest BCUT2D eigenvalue weighted by atomic mass is 35.5. The van der Waals surface area contributed by atoms with Crippen LogP contribution in [-0.2, 0) is 4.79 Å². The molecule has 0 spiro atoms. The van der Waals surface area contributed by atoms with Gasteiger partial charge in [0.2, 0.25) is 5.91 Å². The second-order valence-corrected chi connectivity index (χ2v) is 8.83. The quantitative estimate of drug-likeness (QED) is 0.661. The predicted molar refractivity (Wildman–Crippen MR) is 123 cm³/mol. The van der Waals surface area contributed by atoms with Crippen LogP contribution in [0.5, 0.6) is 11.5 Å². The molecule has 2 saturated heterocycles. The van der Waals surface area contributed by atoms with Gasteiger partial charge in [0.15, 0.2) is 0 Å². The number of halogens is 1. The lowest BCUT2D eigenvalue weighted by atomic mass is 9.94. The average molecular weight is 457 g/mol.